The maximum Gasteiger partial charge on any atom is 0.191 e. The van der Waals surface area contributed by atoms with Crippen molar-refractivity contribution in [2.24, 2.45) is 10.9 Å². The largest absolute Gasteiger partial charge is 0.393 e. The van der Waals surface area contributed by atoms with Crippen molar-refractivity contribution in [2.75, 3.05) is 39.3 Å². The molecule has 1 saturated heterocycles. The van der Waals surface area contributed by atoms with Gasteiger partial charge in [-0.05, 0) is 51.5 Å². The van der Waals surface area contributed by atoms with E-state index in [-0.39, 0.29) is 30.1 Å². The Kier molecular flexibility index (Phi) is 12.9. The molecule has 1 aliphatic heterocycles. The molecule has 1 aliphatic carbocycles. The number of hydrogen-bond acceptors (Lipinski definition) is 3. The summed E-state index contributed by atoms with van der Waals surface area (Å²) in [5.74, 6) is 1.95. The molecule has 0 unspecified atom stereocenters. The highest BCUT2D eigenvalue weighted by Crippen LogP contribution is 2.28. The third kappa shape index (κ3) is 9.99. The fourth-order valence-corrected chi connectivity index (χ4v) is 3.87. The molecule has 0 aromatic rings. The van der Waals surface area contributed by atoms with Gasteiger partial charge in [-0.25, -0.2) is 0 Å². The predicted molar refractivity (Wildman–Crippen MR) is 117 cm³/mol. The molecule has 25 heavy (non-hydrogen) atoms. The van der Waals surface area contributed by atoms with Crippen LogP contribution in [0.15, 0.2) is 4.99 Å². The van der Waals surface area contributed by atoms with Gasteiger partial charge in [-0.2, -0.15) is 0 Å². The van der Waals surface area contributed by atoms with E-state index in [1.807, 2.05) is 0 Å². The molecule has 6 heteroatoms. The molecule has 2 aliphatic rings. The summed E-state index contributed by atoms with van der Waals surface area (Å²) in [5.41, 5.74) is 0. The van der Waals surface area contributed by atoms with Crippen LogP contribution in [-0.2, 0) is 0 Å². The number of aliphatic imine (C=N–C) groups is 1. The molecule has 1 heterocycles. The molecule has 0 radical (unpaired) electrons. The Balaban J connectivity index is 0.00000312. The first-order valence-corrected chi connectivity index (χ1v) is 10.2. The Morgan fingerprint density at radius 2 is 1.80 bits per heavy atom. The molecule has 1 saturated carbocycles. The van der Waals surface area contributed by atoms with Gasteiger partial charge in [-0.3, -0.25) is 4.99 Å². The number of nitrogens with zero attached hydrogens (tertiary/aromatic N) is 2. The SMILES string of the molecule is CCNC(=NCCCN1CCC(O)CC1)NCCCC1CCCC1.I. The number of nitrogens with one attached hydrogen (secondary N) is 2. The van der Waals surface area contributed by atoms with Gasteiger partial charge in [0.2, 0.25) is 0 Å². The Morgan fingerprint density at radius 3 is 2.48 bits per heavy atom. The molecular weight excluding hydrogens is 427 g/mol. The van der Waals surface area contributed by atoms with Gasteiger partial charge in [0.1, 0.15) is 0 Å². The number of guanidine groups is 1. The number of likely N-dealkylation sites (tertiary alicyclic amines) is 1. The molecule has 2 fully saturated rings. The van der Waals surface area contributed by atoms with Crippen LogP contribution in [0.3, 0.4) is 0 Å². The fraction of sp³-hybridized carbons (Fsp3) is 0.947. The zero-order valence-corrected chi connectivity index (χ0v) is 18.3. The summed E-state index contributed by atoms with van der Waals surface area (Å²) in [6.07, 6.45) is 11.3. The zero-order valence-electron chi connectivity index (χ0n) is 16.0. The summed E-state index contributed by atoms with van der Waals surface area (Å²) >= 11 is 0. The van der Waals surface area contributed by atoms with Crippen molar-refractivity contribution in [3.8, 4) is 0 Å². The summed E-state index contributed by atoms with van der Waals surface area (Å²) in [7, 11) is 0. The molecule has 148 valence electrons. The van der Waals surface area contributed by atoms with Crippen LogP contribution in [-0.4, -0.2) is 61.3 Å². The van der Waals surface area contributed by atoms with Crippen molar-refractivity contribution in [2.45, 2.75) is 70.8 Å². The van der Waals surface area contributed by atoms with Crippen molar-refractivity contribution >= 4 is 29.9 Å². The lowest BCUT2D eigenvalue weighted by molar-refractivity contribution is 0.0824. The molecule has 5 nitrogen and oxygen atoms in total. The molecular formula is C19H39IN4O. The van der Waals surface area contributed by atoms with E-state index in [2.05, 4.69) is 22.5 Å². The second-order valence-electron chi connectivity index (χ2n) is 7.41. The van der Waals surface area contributed by atoms with Crippen molar-refractivity contribution in [1.82, 2.24) is 15.5 Å². The summed E-state index contributed by atoms with van der Waals surface area (Å²) in [6.45, 7) is 8.10. The van der Waals surface area contributed by atoms with Crippen LogP contribution in [0.5, 0.6) is 0 Å². The second-order valence-corrected chi connectivity index (χ2v) is 7.41. The Labute approximate surface area is 171 Å². The van der Waals surface area contributed by atoms with E-state index in [1.54, 1.807) is 0 Å². The van der Waals surface area contributed by atoms with Gasteiger partial charge >= 0.3 is 0 Å². The van der Waals surface area contributed by atoms with Gasteiger partial charge in [0.05, 0.1) is 6.10 Å². The Morgan fingerprint density at radius 1 is 1.08 bits per heavy atom. The second kappa shape index (κ2) is 14.0. The summed E-state index contributed by atoms with van der Waals surface area (Å²) in [4.78, 5) is 7.15. The number of aliphatic hydroxyl groups excluding tert-OH is 1. The van der Waals surface area contributed by atoms with E-state index in [1.165, 1.54) is 38.5 Å². The van der Waals surface area contributed by atoms with Gasteiger partial charge in [0.25, 0.3) is 0 Å². The highest BCUT2D eigenvalue weighted by molar-refractivity contribution is 14.0. The van der Waals surface area contributed by atoms with E-state index in [4.69, 9.17) is 4.99 Å². The van der Waals surface area contributed by atoms with Gasteiger partial charge in [0, 0.05) is 32.7 Å². The Hall–Kier alpha value is -0.0800. The quantitative estimate of drug-likeness (QED) is 0.212. The lowest BCUT2D eigenvalue weighted by atomic mass is 10.0. The van der Waals surface area contributed by atoms with E-state index in [0.717, 1.165) is 70.4 Å². The van der Waals surface area contributed by atoms with Crippen LogP contribution < -0.4 is 10.6 Å². The van der Waals surface area contributed by atoms with Crippen LogP contribution in [0, 0.1) is 5.92 Å². The monoisotopic (exact) mass is 466 g/mol. The zero-order chi connectivity index (χ0) is 17.0. The van der Waals surface area contributed by atoms with Gasteiger partial charge in [0.15, 0.2) is 5.96 Å². The minimum Gasteiger partial charge on any atom is -0.393 e. The van der Waals surface area contributed by atoms with E-state index in [0.29, 0.717) is 0 Å². The highest BCUT2D eigenvalue weighted by atomic mass is 127. The van der Waals surface area contributed by atoms with Gasteiger partial charge < -0.3 is 20.6 Å². The van der Waals surface area contributed by atoms with E-state index in [9.17, 15) is 5.11 Å². The minimum atomic E-state index is -0.0759. The molecule has 0 amide bonds. The molecule has 0 atom stereocenters. The first-order chi connectivity index (χ1) is 11.8. The maximum atomic E-state index is 9.54. The molecule has 0 spiro atoms. The Bertz CT molecular complexity index is 353. The number of aliphatic hydroxyl groups is 1. The normalized spacial score (nSPS) is 20.5. The number of hydrogen-bond donors (Lipinski definition) is 3. The van der Waals surface area contributed by atoms with Crippen LogP contribution in [0.1, 0.15) is 64.7 Å². The third-order valence-corrected chi connectivity index (χ3v) is 5.36. The van der Waals surface area contributed by atoms with Crippen LogP contribution >= 0.6 is 24.0 Å². The first-order valence-electron chi connectivity index (χ1n) is 10.2. The van der Waals surface area contributed by atoms with Gasteiger partial charge in [-0.15, -0.1) is 24.0 Å². The van der Waals surface area contributed by atoms with Gasteiger partial charge in [-0.1, -0.05) is 25.7 Å². The van der Waals surface area contributed by atoms with Crippen LogP contribution in [0.25, 0.3) is 0 Å². The summed E-state index contributed by atoms with van der Waals surface area (Å²) < 4.78 is 0. The average Bonchev–Trinajstić information content (AvgIpc) is 3.10. The third-order valence-electron chi connectivity index (χ3n) is 5.36. The van der Waals surface area contributed by atoms with Crippen molar-refractivity contribution in [3.63, 3.8) is 0 Å². The van der Waals surface area contributed by atoms with Crippen LogP contribution in [0.4, 0.5) is 0 Å². The molecule has 0 aromatic carbocycles. The van der Waals surface area contributed by atoms with Crippen molar-refractivity contribution in [3.05, 3.63) is 0 Å². The predicted octanol–water partition coefficient (Wildman–Crippen LogP) is 2.98. The topological polar surface area (TPSA) is 59.9 Å². The minimum absolute atomic E-state index is 0. The van der Waals surface area contributed by atoms with Crippen molar-refractivity contribution < 1.29 is 5.11 Å². The molecule has 3 N–H and O–H groups in total. The molecule has 0 aromatic heterocycles. The lowest BCUT2D eigenvalue weighted by Crippen LogP contribution is -2.38. The van der Waals surface area contributed by atoms with Crippen molar-refractivity contribution in [1.29, 1.82) is 0 Å². The maximum absolute atomic E-state index is 9.54. The highest BCUT2D eigenvalue weighted by Gasteiger charge is 2.16. The average molecular weight is 466 g/mol. The lowest BCUT2D eigenvalue weighted by Gasteiger charge is -2.29. The van der Waals surface area contributed by atoms with Crippen LogP contribution in [0.2, 0.25) is 0 Å². The smallest absolute Gasteiger partial charge is 0.191 e. The number of piperidine rings is 1. The number of rotatable bonds is 9. The summed E-state index contributed by atoms with van der Waals surface area (Å²) in [5, 5.41) is 16.4. The summed E-state index contributed by atoms with van der Waals surface area (Å²) in [6, 6.07) is 0. The van der Waals surface area contributed by atoms with E-state index >= 15 is 0 Å². The molecule has 2 rings (SSSR count). The standard InChI is InChI=1S/C19H38N4O.HI/c1-2-20-19(21-12-5-9-17-7-3-4-8-17)22-13-6-14-23-15-10-18(24)11-16-23;/h17-18,24H,2-16H2,1H3,(H2,20,21,22);1H. The molecule has 0 bridgehead atoms. The fourth-order valence-electron chi connectivity index (χ4n) is 3.87. The first kappa shape index (κ1) is 23.0. The van der Waals surface area contributed by atoms with E-state index < -0.39 is 0 Å². The number of halogens is 1.